The molecule has 2 atom stereocenters. The molecule has 80 valence electrons. The third-order valence-corrected chi connectivity index (χ3v) is 4.71. The molecule has 0 unspecified atom stereocenters. The van der Waals surface area contributed by atoms with Gasteiger partial charge in [-0.15, -0.1) is 11.8 Å². The minimum Gasteiger partial charge on any atom is -0.300 e. The Hall–Kier alpha value is -0.760. The summed E-state index contributed by atoms with van der Waals surface area (Å²) in [7, 11) is 0. The second-order valence-corrected chi connectivity index (χ2v) is 6.04. The van der Waals surface area contributed by atoms with E-state index in [0.717, 1.165) is 12.8 Å². The lowest BCUT2D eigenvalue weighted by molar-refractivity contribution is -0.124. The van der Waals surface area contributed by atoms with Crippen LogP contribution in [0.1, 0.15) is 26.7 Å². The number of hydrogen-bond donors (Lipinski definition) is 0. The Bertz CT molecular complexity index is 360. The molecule has 0 spiro atoms. The minimum absolute atomic E-state index is 0.132. The fraction of sp³-hybridized carbons (Fsp3) is 0.462. The number of rotatable bonds is 3. The van der Waals surface area contributed by atoms with E-state index in [9.17, 15) is 4.79 Å². The standard InChI is InChI=1S/C13H16OS/c1-10(14)12-8-9-13(12,2)15-11-6-4-3-5-7-11/h3-7,12H,8-9H2,1-2H3/t12-,13+/m1/s1. The van der Waals surface area contributed by atoms with Crippen LogP contribution in [0.5, 0.6) is 0 Å². The molecule has 0 aromatic heterocycles. The van der Waals surface area contributed by atoms with Crippen LogP contribution in [-0.2, 0) is 4.79 Å². The number of carbonyl (C=O) groups is 1. The first-order valence-corrected chi connectivity index (χ1v) is 6.18. The topological polar surface area (TPSA) is 17.1 Å². The molecular weight excluding hydrogens is 204 g/mol. The van der Waals surface area contributed by atoms with Crippen LogP contribution >= 0.6 is 11.8 Å². The van der Waals surface area contributed by atoms with Crippen LogP contribution in [-0.4, -0.2) is 10.5 Å². The van der Waals surface area contributed by atoms with E-state index in [1.165, 1.54) is 4.90 Å². The summed E-state index contributed by atoms with van der Waals surface area (Å²) < 4.78 is 0.132. The molecule has 0 bridgehead atoms. The molecule has 1 aliphatic rings. The zero-order valence-electron chi connectivity index (χ0n) is 9.19. The molecule has 1 fully saturated rings. The van der Waals surface area contributed by atoms with Crippen LogP contribution in [0.3, 0.4) is 0 Å². The van der Waals surface area contributed by atoms with Gasteiger partial charge in [-0.05, 0) is 38.8 Å². The van der Waals surface area contributed by atoms with Crippen molar-refractivity contribution in [3.8, 4) is 0 Å². The van der Waals surface area contributed by atoms with Crippen molar-refractivity contribution in [2.75, 3.05) is 0 Å². The molecular formula is C13H16OS. The number of carbonyl (C=O) groups excluding carboxylic acids is 1. The summed E-state index contributed by atoms with van der Waals surface area (Å²) >= 11 is 1.85. The molecule has 0 radical (unpaired) electrons. The first-order chi connectivity index (χ1) is 7.12. The van der Waals surface area contributed by atoms with Crippen molar-refractivity contribution in [3.63, 3.8) is 0 Å². The molecule has 1 aliphatic carbocycles. The normalized spacial score (nSPS) is 29.6. The quantitative estimate of drug-likeness (QED) is 0.775. The molecule has 0 N–H and O–H groups in total. The van der Waals surface area contributed by atoms with Crippen molar-refractivity contribution in [2.24, 2.45) is 5.92 Å². The van der Waals surface area contributed by atoms with Crippen molar-refractivity contribution in [3.05, 3.63) is 30.3 Å². The maximum atomic E-state index is 11.4. The lowest BCUT2D eigenvalue weighted by Crippen LogP contribution is -2.45. The highest BCUT2D eigenvalue weighted by molar-refractivity contribution is 8.00. The van der Waals surface area contributed by atoms with Crippen LogP contribution < -0.4 is 0 Å². The second-order valence-electron chi connectivity index (χ2n) is 4.43. The molecule has 2 heteroatoms. The lowest BCUT2D eigenvalue weighted by atomic mass is 9.72. The van der Waals surface area contributed by atoms with E-state index in [0.29, 0.717) is 5.78 Å². The van der Waals surface area contributed by atoms with Gasteiger partial charge in [-0.3, -0.25) is 4.79 Å². The van der Waals surface area contributed by atoms with E-state index < -0.39 is 0 Å². The predicted molar refractivity (Wildman–Crippen MR) is 64.1 cm³/mol. The molecule has 1 aromatic rings. The van der Waals surface area contributed by atoms with E-state index >= 15 is 0 Å². The van der Waals surface area contributed by atoms with Crippen molar-refractivity contribution in [1.29, 1.82) is 0 Å². The first kappa shape index (κ1) is 10.7. The second kappa shape index (κ2) is 4.01. The van der Waals surface area contributed by atoms with Crippen LogP contribution in [0.25, 0.3) is 0 Å². The molecule has 1 aromatic carbocycles. The Morgan fingerprint density at radius 2 is 2.07 bits per heavy atom. The highest BCUT2D eigenvalue weighted by Gasteiger charge is 2.45. The van der Waals surface area contributed by atoms with Crippen molar-refractivity contribution in [2.45, 2.75) is 36.3 Å². The number of benzene rings is 1. The lowest BCUT2D eigenvalue weighted by Gasteiger charge is -2.45. The third kappa shape index (κ3) is 2.10. The SMILES string of the molecule is CC(=O)[C@H]1CC[C@]1(C)Sc1ccccc1. The highest BCUT2D eigenvalue weighted by Crippen LogP contribution is 2.51. The van der Waals surface area contributed by atoms with Gasteiger partial charge in [-0.25, -0.2) is 0 Å². The van der Waals surface area contributed by atoms with Gasteiger partial charge in [0.15, 0.2) is 0 Å². The molecule has 1 saturated carbocycles. The summed E-state index contributed by atoms with van der Waals surface area (Å²) in [6, 6.07) is 10.4. The molecule has 0 heterocycles. The maximum absolute atomic E-state index is 11.4. The van der Waals surface area contributed by atoms with E-state index in [2.05, 4.69) is 19.1 Å². The smallest absolute Gasteiger partial charge is 0.134 e. The summed E-state index contributed by atoms with van der Waals surface area (Å²) in [5.41, 5.74) is 0. The van der Waals surface area contributed by atoms with Gasteiger partial charge in [-0.1, -0.05) is 18.2 Å². The minimum atomic E-state index is 0.132. The van der Waals surface area contributed by atoms with E-state index in [4.69, 9.17) is 0 Å². The van der Waals surface area contributed by atoms with Crippen molar-refractivity contribution >= 4 is 17.5 Å². The van der Waals surface area contributed by atoms with Crippen molar-refractivity contribution in [1.82, 2.24) is 0 Å². The summed E-state index contributed by atoms with van der Waals surface area (Å²) in [5, 5.41) is 0. The van der Waals surface area contributed by atoms with E-state index in [1.807, 2.05) is 30.0 Å². The summed E-state index contributed by atoms with van der Waals surface area (Å²) in [4.78, 5) is 12.7. The molecule has 2 rings (SSSR count). The Balaban J connectivity index is 2.09. The molecule has 1 nitrogen and oxygen atoms in total. The first-order valence-electron chi connectivity index (χ1n) is 5.36. The summed E-state index contributed by atoms with van der Waals surface area (Å²) in [6.07, 6.45) is 2.21. The number of thioether (sulfide) groups is 1. The van der Waals surface area contributed by atoms with E-state index in [-0.39, 0.29) is 10.7 Å². The maximum Gasteiger partial charge on any atom is 0.134 e. The Kier molecular flexibility index (Phi) is 2.87. The van der Waals surface area contributed by atoms with Gasteiger partial charge in [-0.2, -0.15) is 0 Å². The zero-order chi connectivity index (χ0) is 10.9. The van der Waals surface area contributed by atoms with Gasteiger partial charge in [0, 0.05) is 15.6 Å². The molecule has 0 amide bonds. The zero-order valence-corrected chi connectivity index (χ0v) is 10.0. The molecule has 0 saturated heterocycles. The van der Waals surface area contributed by atoms with Gasteiger partial charge in [0.25, 0.3) is 0 Å². The van der Waals surface area contributed by atoms with Gasteiger partial charge in [0.2, 0.25) is 0 Å². The van der Waals surface area contributed by atoms with E-state index in [1.54, 1.807) is 6.92 Å². The average Bonchev–Trinajstić information content (AvgIpc) is 2.17. The van der Waals surface area contributed by atoms with Crippen LogP contribution in [0.15, 0.2) is 35.2 Å². The summed E-state index contributed by atoms with van der Waals surface area (Å²) in [5.74, 6) is 0.592. The highest BCUT2D eigenvalue weighted by atomic mass is 32.2. The Morgan fingerprint density at radius 3 is 2.53 bits per heavy atom. The van der Waals surface area contributed by atoms with Crippen LogP contribution in [0, 0.1) is 5.92 Å². The Morgan fingerprint density at radius 1 is 1.40 bits per heavy atom. The fourth-order valence-electron chi connectivity index (χ4n) is 2.21. The van der Waals surface area contributed by atoms with Crippen LogP contribution in [0.2, 0.25) is 0 Å². The van der Waals surface area contributed by atoms with Gasteiger partial charge in [0.1, 0.15) is 5.78 Å². The van der Waals surface area contributed by atoms with Gasteiger partial charge in [0.05, 0.1) is 0 Å². The fourth-order valence-corrected chi connectivity index (χ4v) is 3.69. The number of hydrogen-bond acceptors (Lipinski definition) is 2. The van der Waals surface area contributed by atoms with Gasteiger partial charge >= 0.3 is 0 Å². The molecule has 15 heavy (non-hydrogen) atoms. The largest absolute Gasteiger partial charge is 0.300 e. The monoisotopic (exact) mass is 220 g/mol. The van der Waals surface area contributed by atoms with Crippen LogP contribution in [0.4, 0.5) is 0 Å². The average molecular weight is 220 g/mol. The molecule has 0 aliphatic heterocycles. The number of Topliss-reactive ketones (excluding diaryl/α,β-unsaturated/α-hetero) is 1. The van der Waals surface area contributed by atoms with Crippen molar-refractivity contribution < 1.29 is 4.79 Å². The van der Waals surface area contributed by atoms with Gasteiger partial charge < -0.3 is 0 Å². The Labute approximate surface area is 95.3 Å². The summed E-state index contributed by atoms with van der Waals surface area (Å²) in [6.45, 7) is 3.92. The predicted octanol–water partition coefficient (Wildman–Crippen LogP) is 3.54. The number of ketones is 1. The third-order valence-electron chi connectivity index (χ3n) is 3.25.